The van der Waals surface area contributed by atoms with E-state index in [9.17, 15) is 0 Å². The van der Waals surface area contributed by atoms with E-state index in [0.717, 1.165) is 6.26 Å². The Hall–Kier alpha value is -0.830. The summed E-state index contributed by atoms with van der Waals surface area (Å²) < 4.78 is 0. The summed E-state index contributed by atoms with van der Waals surface area (Å²) in [6.45, 7) is 0. The summed E-state index contributed by atoms with van der Waals surface area (Å²) in [4.78, 5) is 3.29. The summed E-state index contributed by atoms with van der Waals surface area (Å²) >= 11 is 0. The molecule has 5 heteroatoms. The Labute approximate surface area is 33.5 Å². The zero-order valence-electron chi connectivity index (χ0n) is 2.70. The molecule has 0 amide bonds. The van der Waals surface area contributed by atoms with Crippen LogP contribution in [0.4, 0.5) is 0 Å². The van der Waals surface area contributed by atoms with Gasteiger partial charge in [0.15, 0.2) is 0 Å². The van der Waals surface area contributed by atoms with Gasteiger partial charge in [0.1, 0.15) is 5.39 Å². The van der Waals surface area contributed by atoms with Crippen LogP contribution in [0, 0.1) is 11.5 Å². The van der Waals surface area contributed by atoms with Crippen LogP contribution in [-0.2, 0) is 4.84 Å². The fourth-order valence-electron chi connectivity index (χ4n) is 0.0365. The van der Waals surface area contributed by atoms with Gasteiger partial charge in [0, 0.05) is 0 Å². The maximum Gasteiger partial charge on any atom is 0.311 e. The van der Waals surface area contributed by atoms with Crippen LogP contribution >= 0.6 is 0 Å². The Morgan fingerprint density at radius 3 is 2.17 bits per heavy atom. The molecule has 0 heterocycles. The van der Waals surface area contributed by atoms with Crippen molar-refractivity contribution in [3.8, 4) is 6.26 Å². The minimum atomic E-state index is -0.681. The highest BCUT2D eigenvalue weighted by Crippen LogP contribution is 1.66. The molecule has 0 atom stereocenters. The summed E-state index contributed by atoms with van der Waals surface area (Å²) in [5, 5.41) is 21.7. The molecule has 2 N–H and O–H groups in total. The van der Waals surface area contributed by atoms with E-state index in [1.807, 2.05) is 0 Å². The summed E-state index contributed by atoms with van der Waals surface area (Å²) in [5.74, 6) is 0. The first-order valence-electron chi connectivity index (χ1n) is 1.01. The van der Waals surface area contributed by atoms with Crippen LogP contribution in [0.1, 0.15) is 0 Å². The highest BCUT2D eigenvalue weighted by Gasteiger charge is 1.83. The first kappa shape index (κ1) is 5.17. The quantitative estimate of drug-likeness (QED) is 0.334. The summed E-state index contributed by atoms with van der Waals surface area (Å²) in [7, 11) is 0. The van der Waals surface area contributed by atoms with Crippen molar-refractivity contribution in [1.82, 2.24) is 5.39 Å². The third kappa shape index (κ3) is 3.17. The van der Waals surface area contributed by atoms with Crippen LogP contribution in [-0.4, -0.2) is 15.8 Å². The molecule has 0 saturated carbocycles. The van der Waals surface area contributed by atoms with Crippen molar-refractivity contribution in [3.63, 3.8) is 0 Å². The highest BCUT2D eigenvalue weighted by atomic mass is 17.1. The van der Waals surface area contributed by atoms with Gasteiger partial charge in [-0.1, -0.05) is 0 Å². The molecule has 34 valence electrons. The number of rotatable bonds is 1. The van der Waals surface area contributed by atoms with E-state index < -0.39 is 5.39 Å². The highest BCUT2D eigenvalue weighted by molar-refractivity contribution is 4.37. The molecule has 0 saturated heterocycles. The lowest BCUT2D eigenvalue weighted by atomic mass is 11.6. The standard InChI is InChI=1S/CH2N2O3/c2-1-6-3(4)5/h4-5H. The van der Waals surface area contributed by atoms with Crippen molar-refractivity contribution in [2.24, 2.45) is 0 Å². The molecule has 0 bridgehead atoms. The molecule has 0 aliphatic carbocycles. The van der Waals surface area contributed by atoms with Crippen LogP contribution in [0.15, 0.2) is 0 Å². The number of nitrogens with zero attached hydrogens (tertiary/aromatic N) is 2. The Kier molecular flexibility index (Phi) is 2.08. The van der Waals surface area contributed by atoms with Crippen molar-refractivity contribution in [2.75, 3.05) is 0 Å². The molecular formula is CH2N2O3. The molecule has 0 aliphatic heterocycles. The molecular weight excluding hydrogens is 88.0 g/mol. The van der Waals surface area contributed by atoms with E-state index in [1.54, 1.807) is 0 Å². The van der Waals surface area contributed by atoms with Crippen molar-refractivity contribution >= 4 is 0 Å². The smallest absolute Gasteiger partial charge is 0.274 e. The second kappa shape index (κ2) is 2.41. The molecule has 0 aromatic heterocycles. The average Bonchev–Trinajstić information content (AvgIpc) is 1.35. The van der Waals surface area contributed by atoms with E-state index in [1.165, 1.54) is 0 Å². The van der Waals surface area contributed by atoms with Gasteiger partial charge in [-0.2, -0.15) is 0 Å². The summed E-state index contributed by atoms with van der Waals surface area (Å²) in [5.41, 5.74) is 0. The van der Waals surface area contributed by atoms with Gasteiger partial charge in [0.2, 0.25) is 0 Å². The SMILES string of the molecule is N#CON(O)O. The average molecular weight is 90.0 g/mol. The summed E-state index contributed by atoms with van der Waals surface area (Å²) in [6.07, 6.45) is 0.993. The number of hydrogen-bond acceptors (Lipinski definition) is 5. The Morgan fingerprint density at radius 1 is 1.67 bits per heavy atom. The Morgan fingerprint density at radius 2 is 2.17 bits per heavy atom. The lowest BCUT2D eigenvalue weighted by Crippen LogP contribution is -2.09. The molecule has 0 spiro atoms. The lowest BCUT2D eigenvalue weighted by molar-refractivity contribution is -0.467. The van der Waals surface area contributed by atoms with Gasteiger partial charge in [0.25, 0.3) is 0 Å². The van der Waals surface area contributed by atoms with Crippen molar-refractivity contribution in [2.45, 2.75) is 0 Å². The molecule has 0 aromatic rings. The third-order valence-electron chi connectivity index (χ3n) is 0.122. The zero-order chi connectivity index (χ0) is 4.99. The van der Waals surface area contributed by atoms with Crippen LogP contribution < -0.4 is 0 Å². The minimum absolute atomic E-state index is 0.681. The van der Waals surface area contributed by atoms with Gasteiger partial charge in [0.05, 0.1) is 0 Å². The normalized spacial score (nSPS) is 7.67. The van der Waals surface area contributed by atoms with Crippen LogP contribution in [0.2, 0.25) is 0 Å². The molecule has 0 aliphatic rings. The molecule has 0 fully saturated rings. The predicted octanol–water partition coefficient (Wildman–Crippen LogP) is -0.521. The van der Waals surface area contributed by atoms with E-state index in [0.29, 0.717) is 0 Å². The number of hydrogen-bond donors (Lipinski definition) is 2. The first-order chi connectivity index (χ1) is 2.77. The van der Waals surface area contributed by atoms with Gasteiger partial charge in [-0.05, 0) is 0 Å². The van der Waals surface area contributed by atoms with Crippen LogP contribution in [0.3, 0.4) is 0 Å². The van der Waals surface area contributed by atoms with Gasteiger partial charge < -0.3 is 0 Å². The predicted molar refractivity (Wildman–Crippen MR) is 12.1 cm³/mol. The second-order valence-electron chi connectivity index (χ2n) is 0.435. The molecule has 0 unspecified atom stereocenters. The molecule has 5 nitrogen and oxygen atoms in total. The van der Waals surface area contributed by atoms with E-state index in [4.69, 9.17) is 15.7 Å². The topological polar surface area (TPSA) is 76.7 Å². The van der Waals surface area contributed by atoms with Gasteiger partial charge in [-0.3, -0.25) is 15.3 Å². The van der Waals surface area contributed by atoms with Crippen molar-refractivity contribution < 1.29 is 15.3 Å². The van der Waals surface area contributed by atoms with Gasteiger partial charge in [-0.25, -0.2) is 0 Å². The Bertz CT molecular complexity index is 63.7. The first-order valence-corrected chi connectivity index (χ1v) is 1.01. The van der Waals surface area contributed by atoms with E-state index in [-0.39, 0.29) is 0 Å². The third-order valence-corrected chi connectivity index (χ3v) is 0.122. The van der Waals surface area contributed by atoms with Crippen LogP contribution in [0.5, 0.6) is 0 Å². The van der Waals surface area contributed by atoms with Gasteiger partial charge >= 0.3 is 6.26 Å². The molecule has 0 rings (SSSR count). The second-order valence-corrected chi connectivity index (χ2v) is 0.435. The van der Waals surface area contributed by atoms with Crippen molar-refractivity contribution in [1.29, 1.82) is 5.26 Å². The molecule has 0 radical (unpaired) electrons. The fraction of sp³-hybridized carbons (Fsp3) is 0. The molecule has 0 aromatic carbocycles. The van der Waals surface area contributed by atoms with E-state index >= 15 is 0 Å². The maximum atomic E-state index is 7.50. The van der Waals surface area contributed by atoms with Crippen molar-refractivity contribution in [3.05, 3.63) is 0 Å². The van der Waals surface area contributed by atoms with Crippen LogP contribution in [0.25, 0.3) is 0 Å². The Balaban J connectivity index is 2.88. The largest absolute Gasteiger partial charge is 0.311 e. The summed E-state index contributed by atoms with van der Waals surface area (Å²) in [6, 6.07) is 0. The van der Waals surface area contributed by atoms with E-state index in [2.05, 4.69) is 4.84 Å². The minimum Gasteiger partial charge on any atom is -0.274 e. The lowest BCUT2D eigenvalue weighted by Gasteiger charge is -1.92. The monoisotopic (exact) mass is 90.0 g/mol. The number of nitriles is 1. The zero-order valence-corrected chi connectivity index (χ0v) is 2.70. The fourth-order valence-corrected chi connectivity index (χ4v) is 0.0365. The maximum absolute atomic E-state index is 7.50. The molecule has 6 heavy (non-hydrogen) atoms. The van der Waals surface area contributed by atoms with Gasteiger partial charge in [-0.15, -0.1) is 5.26 Å².